The quantitative estimate of drug-likeness (QED) is 0.297. The first-order valence-electron chi connectivity index (χ1n) is 6.20. The number of aliphatic hydroxyl groups excluding tert-OH is 3. The van der Waals surface area contributed by atoms with Crippen LogP contribution >= 0.6 is 18.8 Å². The second-order valence-corrected chi connectivity index (χ2v) is 8.73. The van der Waals surface area contributed by atoms with Crippen molar-refractivity contribution in [1.29, 1.82) is 0 Å². The summed E-state index contributed by atoms with van der Waals surface area (Å²) in [6, 6.07) is 0. The number of hydrogen-bond donors (Lipinski definition) is 4. The van der Waals surface area contributed by atoms with Crippen molar-refractivity contribution < 1.29 is 36.5 Å². The van der Waals surface area contributed by atoms with Gasteiger partial charge < -0.3 is 0 Å². The van der Waals surface area contributed by atoms with Crippen molar-refractivity contribution >= 4 is 51.7 Å². The summed E-state index contributed by atoms with van der Waals surface area (Å²) >= 11 is 1.76. The van der Waals surface area contributed by atoms with Crippen LogP contribution in [0.15, 0.2) is 4.99 Å². The van der Waals surface area contributed by atoms with E-state index in [0.29, 0.717) is 16.2 Å². The van der Waals surface area contributed by atoms with E-state index in [0.717, 1.165) is 0 Å². The van der Waals surface area contributed by atoms with Crippen LogP contribution in [-0.4, -0.2) is 72.1 Å². The second-order valence-electron chi connectivity index (χ2n) is 4.60. The molecule has 2 aliphatic rings. The molecular formula is C10H14Cl2N5O4PtSe-. The standard InChI is InChI=1S/C10H14N5O4Se.2ClH.Pt/c11-7-4-8(13-2-12-7)15(10(20)14-4)9-6(18)5(17)3(1-16)19-9;;;/h2-3,5-7,9,16-18H,1,11H2,(H-,12,13,14,20);2*1H;/q-1;;;+2/p-2/t3-,5?,6?,7?,9-;;;/m1.../s1. The third-order valence-corrected chi connectivity index (χ3v) is 4.01. The van der Waals surface area contributed by atoms with Crippen molar-refractivity contribution in [3.63, 3.8) is 0 Å². The predicted molar refractivity (Wildman–Crippen MR) is 82.2 cm³/mol. The number of aromatic nitrogens is 2. The first-order valence-corrected chi connectivity index (χ1v) is 12.8. The summed E-state index contributed by atoms with van der Waals surface area (Å²) in [5.41, 5.74) is 6.28. The molecule has 1 fully saturated rings. The van der Waals surface area contributed by atoms with Gasteiger partial charge in [0.1, 0.15) is 0 Å². The van der Waals surface area contributed by atoms with Crippen molar-refractivity contribution in [2.75, 3.05) is 6.61 Å². The maximum atomic E-state index is 10.1. The number of aliphatic hydroxyl groups is 3. The Bertz CT molecular complexity index is 580. The van der Waals surface area contributed by atoms with Gasteiger partial charge in [0.2, 0.25) is 0 Å². The maximum absolute atomic E-state index is 10.1. The molecule has 3 unspecified atom stereocenters. The number of imidazole rings is 1. The molecule has 0 aromatic carbocycles. The zero-order valence-corrected chi connectivity index (χ0v) is 17.0. The van der Waals surface area contributed by atoms with Crippen LogP contribution in [0.2, 0.25) is 0 Å². The van der Waals surface area contributed by atoms with Gasteiger partial charge in [-0.25, -0.2) is 0 Å². The third-order valence-electron chi connectivity index (χ3n) is 3.35. The molecule has 5 N–H and O–H groups in total. The van der Waals surface area contributed by atoms with Crippen LogP contribution in [0.1, 0.15) is 18.1 Å². The molecule has 0 amide bonds. The fourth-order valence-electron chi connectivity index (χ4n) is 2.31. The molecule has 0 bridgehead atoms. The van der Waals surface area contributed by atoms with Crippen LogP contribution in [-0.2, 0) is 21.2 Å². The van der Waals surface area contributed by atoms with E-state index in [-0.39, 0.29) is 0 Å². The summed E-state index contributed by atoms with van der Waals surface area (Å²) in [4.78, 5) is 8.36. The van der Waals surface area contributed by atoms with Crippen molar-refractivity contribution in [3.8, 4) is 0 Å². The zero-order valence-electron chi connectivity index (χ0n) is 11.3. The average molecular weight is 613 g/mol. The number of halogens is 2. The Morgan fingerprint density at radius 1 is 1.43 bits per heavy atom. The SMILES string of the molecule is NC1[N-]C=Nc2c1nc([SeH])n2[C@@H]1O[C@H](CO)C(O)C1O.[Cl][Pt][Cl]. The Morgan fingerprint density at radius 3 is 2.65 bits per heavy atom. The van der Waals surface area contributed by atoms with Gasteiger partial charge in [0.25, 0.3) is 0 Å². The average Bonchev–Trinajstić information content (AvgIpc) is 2.99. The van der Waals surface area contributed by atoms with E-state index in [1.165, 1.54) is 10.9 Å². The van der Waals surface area contributed by atoms with Crippen LogP contribution in [0.5, 0.6) is 0 Å². The van der Waals surface area contributed by atoms with Crippen molar-refractivity contribution in [2.24, 2.45) is 10.7 Å². The number of aliphatic imine (C=N–C) groups is 1. The monoisotopic (exact) mass is 613 g/mol. The van der Waals surface area contributed by atoms with Gasteiger partial charge in [-0.15, -0.1) is 0 Å². The van der Waals surface area contributed by atoms with Gasteiger partial charge in [-0.1, -0.05) is 0 Å². The molecule has 0 saturated carbocycles. The Balaban J connectivity index is 0.000000595. The van der Waals surface area contributed by atoms with E-state index in [9.17, 15) is 10.2 Å². The summed E-state index contributed by atoms with van der Waals surface area (Å²) in [6.07, 6.45) is -3.42. The Morgan fingerprint density at radius 2 is 2.09 bits per heavy atom. The summed E-state index contributed by atoms with van der Waals surface area (Å²) in [6.45, 7) is -0.391. The molecule has 134 valence electrons. The first-order chi connectivity index (χ1) is 11.0. The number of nitrogens with two attached hydrogens (primary N) is 1. The van der Waals surface area contributed by atoms with Gasteiger partial charge >= 0.3 is 157 Å². The van der Waals surface area contributed by atoms with E-state index in [4.69, 9.17) is 34.4 Å². The second kappa shape index (κ2) is 8.58. The molecule has 1 saturated heterocycles. The molecule has 9 nitrogen and oxygen atoms in total. The molecule has 0 spiro atoms. The molecule has 2 aliphatic heterocycles. The van der Waals surface area contributed by atoms with Crippen LogP contribution in [0.4, 0.5) is 5.82 Å². The molecular weight excluding hydrogens is 599 g/mol. The van der Waals surface area contributed by atoms with Gasteiger partial charge in [0, 0.05) is 0 Å². The van der Waals surface area contributed by atoms with E-state index in [1.54, 1.807) is 0 Å². The molecule has 0 aliphatic carbocycles. The predicted octanol–water partition coefficient (Wildman–Crippen LogP) is -1.60. The summed E-state index contributed by atoms with van der Waals surface area (Å²) < 4.78 is 7.49. The number of ether oxygens (including phenoxy) is 1. The number of rotatable bonds is 2. The first kappa shape index (κ1) is 19.6. The Labute approximate surface area is 156 Å². The molecule has 5 atom stereocenters. The van der Waals surface area contributed by atoms with E-state index in [2.05, 4.69) is 31.3 Å². The normalized spacial score (nSPS) is 32.2. The van der Waals surface area contributed by atoms with Gasteiger partial charge in [-0.3, -0.25) is 0 Å². The fourth-order valence-corrected chi connectivity index (χ4v) is 2.98. The fraction of sp³-hybridized carbons (Fsp3) is 0.600. The van der Waals surface area contributed by atoms with Crippen molar-refractivity contribution in [3.05, 3.63) is 11.0 Å². The molecule has 13 heteroatoms. The third kappa shape index (κ3) is 3.93. The van der Waals surface area contributed by atoms with Gasteiger partial charge in [0.05, 0.1) is 0 Å². The van der Waals surface area contributed by atoms with Crippen molar-refractivity contribution in [2.45, 2.75) is 30.7 Å². The van der Waals surface area contributed by atoms with Gasteiger partial charge in [-0.2, -0.15) is 0 Å². The van der Waals surface area contributed by atoms with Gasteiger partial charge in [-0.05, 0) is 0 Å². The number of fused-ring (bicyclic) bond motifs is 1. The van der Waals surface area contributed by atoms with Crippen LogP contribution in [0.25, 0.3) is 5.32 Å². The Hall–Kier alpha value is 0.268. The van der Waals surface area contributed by atoms with Crippen molar-refractivity contribution in [1.82, 2.24) is 9.55 Å². The van der Waals surface area contributed by atoms with E-state index >= 15 is 0 Å². The summed E-state index contributed by atoms with van der Waals surface area (Å²) in [5, 5.41) is 33.0. The van der Waals surface area contributed by atoms with Crippen LogP contribution < -0.4 is 10.5 Å². The molecule has 3 heterocycles. The van der Waals surface area contributed by atoms with Crippen LogP contribution in [0.3, 0.4) is 0 Å². The molecule has 3 rings (SSSR count). The zero-order chi connectivity index (χ0) is 17.1. The van der Waals surface area contributed by atoms with Gasteiger partial charge in [0.15, 0.2) is 0 Å². The van der Waals surface area contributed by atoms with E-state index in [1.807, 2.05) is 0 Å². The Kier molecular flexibility index (Phi) is 7.31. The minimum atomic E-state index is -1.20. The molecule has 23 heavy (non-hydrogen) atoms. The number of hydrogen-bond acceptors (Lipinski definition) is 7. The van der Waals surface area contributed by atoms with Crippen LogP contribution in [0, 0.1) is 0 Å². The molecule has 1 aromatic rings. The molecule has 1 aromatic heterocycles. The topological polar surface area (TPSA) is 140 Å². The minimum absolute atomic E-state index is 0.391. The summed E-state index contributed by atoms with van der Waals surface area (Å²) in [5.74, 6) is 0.429. The summed E-state index contributed by atoms with van der Waals surface area (Å²) in [7, 11) is 9.75. The van der Waals surface area contributed by atoms with E-state index < -0.39 is 53.8 Å². The number of nitrogens with zero attached hydrogens (tertiary/aromatic N) is 4. The molecule has 0 radical (unpaired) electrons.